The minimum absolute atomic E-state index is 0.461. The summed E-state index contributed by atoms with van der Waals surface area (Å²) in [5.74, 6) is 0.604. The van der Waals surface area contributed by atoms with Crippen LogP contribution in [0, 0.1) is 13.8 Å². The molecule has 0 saturated heterocycles. The van der Waals surface area contributed by atoms with E-state index in [4.69, 9.17) is 16.0 Å². The molecule has 0 aromatic carbocycles. The van der Waals surface area contributed by atoms with Gasteiger partial charge in [-0.05, 0) is 37.6 Å². The average Bonchev–Trinajstić information content (AvgIpc) is 2.85. The lowest BCUT2D eigenvalue weighted by Gasteiger charge is -1.92. The Labute approximate surface area is 107 Å². The van der Waals surface area contributed by atoms with Gasteiger partial charge in [-0.1, -0.05) is 11.6 Å². The average molecular weight is 265 g/mol. The molecule has 0 fully saturated rings. The van der Waals surface area contributed by atoms with Gasteiger partial charge in [0, 0.05) is 4.88 Å². The van der Waals surface area contributed by atoms with Crippen LogP contribution < -0.4 is 0 Å². The van der Waals surface area contributed by atoms with Crippen LogP contribution in [-0.4, -0.2) is 9.97 Å². The molecule has 3 aromatic heterocycles. The summed E-state index contributed by atoms with van der Waals surface area (Å²) < 4.78 is 5.61. The fraction of sp³-hybridized carbons (Fsp3) is 0.167. The number of aryl methyl sites for hydroxylation is 2. The molecular weight excluding hydrogens is 256 g/mol. The van der Waals surface area contributed by atoms with Gasteiger partial charge < -0.3 is 4.42 Å². The normalized spacial score (nSPS) is 11.2. The summed E-state index contributed by atoms with van der Waals surface area (Å²) in [4.78, 5) is 10.8. The van der Waals surface area contributed by atoms with E-state index >= 15 is 0 Å². The maximum absolute atomic E-state index is 5.95. The summed E-state index contributed by atoms with van der Waals surface area (Å²) in [6, 6.07) is 5.93. The lowest BCUT2D eigenvalue weighted by molar-refractivity contribution is 0.609. The highest BCUT2D eigenvalue weighted by molar-refractivity contribution is 7.15. The highest BCUT2D eigenvalue weighted by atomic mass is 35.5. The van der Waals surface area contributed by atoms with Crippen molar-refractivity contribution in [3.63, 3.8) is 0 Å². The molecular formula is C12H9ClN2OS. The molecule has 0 spiro atoms. The second-order valence-electron chi connectivity index (χ2n) is 3.85. The standard InChI is InChI=1S/C12H9ClN2OS/c1-6-5-8-11(15-10(6)13)16-12(14-8)9-4-3-7(2)17-9/h3-5H,1-2H3. The SMILES string of the molecule is Cc1ccc(-c2nc3cc(C)c(Cl)nc3o2)s1. The largest absolute Gasteiger partial charge is 0.417 e. The fourth-order valence-electron chi connectivity index (χ4n) is 1.59. The molecule has 3 heterocycles. The predicted octanol–water partition coefficient (Wildman–Crippen LogP) is 4.22. The molecule has 0 atom stereocenters. The first-order valence-corrected chi connectivity index (χ1v) is 6.33. The van der Waals surface area contributed by atoms with Crippen molar-refractivity contribution < 1.29 is 4.42 Å². The van der Waals surface area contributed by atoms with Gasteiger partial charge >= 0.3 is 0 Å². The summed E-state index contributed by atoms with van der Waals surface area (Å²) in [6.07, 6.45) is 0. The van der Waals surface area contributed by atoms with Gasteiger partial charge in [0.2, 0.25) is 11.6 Å². The molecule has 17 heavy (non-hydrogen) atoms. The Balaban J connectivity index is 2.19. The third kappa shape index (κ3) is 1.83. The van der Waals surface area contributed by atoms with Crippen LogP contribution in [0.5, 0.6) is 0 Å². The second kappa shape index (κ2) is 3.82. The molecule has 3 rings (SSSR count). The number of hydrogen-bond acceptors (Lipinski definition) is 4. The van der Waals surface area contributed by atoms with Gasteiger partial charge in [-0.15, -0.1) is 11.3 Å². The van der Waals surface area contributed by atoms with Crippen molar-refractivity contribution in [3.8, 4) is 10.8 Å². The van der Waals surface area contributed by atoms with E-state index in [2.05, 4.69) is 16.9 Å². The zero-order valence-electron chi connectivity index (χ0n) is 9.32. The summed E-state index contributed by atoms with van der Waals surface area (Å²) in [6.45, 7) is 3.95. The summed E-state index contributed by atoms with van der Waals surface area (Å²) in [5, 5.41) is 0.461. The highest BCUT2D eigenvalue weighted by Crippen LogP contribution is 2.30. The molecule has 0 saturated carbocycles. The number of thiophene rings is 1. The van der Waals surface area contributed by atoms with E-state index in [1.165, 1.54) is 4.88 Å². The second-order valence-corrected chi connectivity index (χ2v) is 5.50. The lowest BCUT2D eigenvalue weighted by Crippen LogP contribution is -1.81. The van der Waals surface area contributed by atoms with Gasteiger partial charge in [-0.2, -0.15) is 4.98 Å². The van der Waals surface area contributed by atoms with Gasteiger partial charge in [0.1, 0.15) is 10.7 Å². The first-order chi connectivity index (χ1) is 8.13. The van der Waals surface area contributed by atoms with Crippen LogP contribution in [0.1, 0.15) is 10.4 Å². The van der Waals surface area contributed by atoms with Gasteiger partial charge in [0.25, 0.3) is 0 Å². The minimum Gasteiger partial charge on any atom is -0.417 e. The lowest BCUT2D eigenvalue weighted by atomic mass is 10.3. The molecule has 0 aliphatic carbocycles. The first kappa shape index (κ1) is 10.7. The van der Waals surface area contributed by atoms with Crippen molar-refractivity contribution in [1.82, 2.24) is 9.97 Å². The van der Waals surface area contributed by atoms with Crippen molar-refractivity contribution in [1.29, 1.82) is 0 Å². The molecule has 5 heteroatoms. The monoisotopic (exact) mass is 264 g/mol. The van der Waals surface area contributed by atoms with E-state index in [0.29, 0.717) is 16.8 Å². The Kier molecular flexibility index (Phi) is 2.42. The number of oxazole rings is 1. The Morgan fingerprint density at radius 3 is 2.76 bits per heavy atom. The van der Waals surface area contributed by atoms with Crippen LogP contribution in [0.3, 0.4) is 0 Å². The zero-order valence-corrected chi connectivity index (χ0v) is 10.9. The molecule has 0 radical (unpaired) electrons. The maximum atomic E-state index is 5.95. The summed E-state index contributed by atoms with van der Waals surface area (Å²) in [7, 11) is 0. The van der Waals surface area contributed by atoms with Crippen molar-refractivity contribution >= 4 is 34.2 Å². The van der Waals surface area contributed by atoms with Gasteiger partial charge in [0.05, 0.1) is 4.88 Å². The Morgan fingerprint density at radius 2 is 2.06 bits per heavy atom. The van der Waals surface area contributed by atoms with Crippen LogP contribution in [0.25, 0.3) is 22.0 Å². The Bertz CT molecular complexity index is 663. The van der Waals surface area contributed by atoms with Crippen LogP contribution in [-0.2, 0) is 0 Å². The molecule has 3 aromatic rings. The molecule has 0 amide bonds. The number of hydrogen-bond donors (Lipinski definition) is 0. The van der Waals surface area contributed by atoms with Crippen molar-refractivity contribution in [2.75, 3.05) is 0 Å². The molecule has 0 unspecified atom stereocenters. The van der Waals surface area contributed by atoms with Crippen molar-refractivity contribution in [3.05, 3.63) is 33.8 Å². The number of rotatable bonds is 1. The van der Waals surface area contributed by atoms with Gasteiger partial charge in [-0.25, -0.2) is 4.98 Å². The van der Waals surface area contributed by atoms with E-state index in [0.717, 1.165) is 16.0 Å². The maximum Gasteiger partial charge on any atom is 0.248 e. The molecule has 0 N–H and O–H groups in total. The van der Waals surface area contributed by atoms with Crippen molar-refractivity contribution in [2.24, 2.45) is 0 Å². The van der Waals surface area contributed by atoms with Crippen LogP contribution >= 0.6 is 22.9 Å². The molecule has 0 aliphatic heterocycles. The molecule has 3 nitrogen and oxygen atoms in total. The summed E-state index contributed by atoms with van der Waals surface area (Å²) >= 11 is 7.60. The topological polar surface area (TPSA) is 38.9 Å². The van der Waals surface area contributed by atoms with E-state index in [-0.39, 0.29) is 0 Å². The number of pyridine rings is 1. The van der Waals surface area contributed by atoms with Gasteiger partial charge in [-0.3, -0.25) is 0 Å². The number of nitrogens with zero attached hydrogens (tertiary/aromatic N) is 2. The molecule has 0 bridgehead atoms. The van der Waals surface area contributed by atoms with Crippen LogP contribution in [0.2, 0.25) is 5.15 Å². The predicted molar refractivity (Wildman–Crippen MR) is 69.6 cm³/mol. The number of halogens is 1. The highest BCUT2D eigenvalue weighted by Gasteiger charge is 2.12. The quantitative estimate of drug-likeness (QED) is 0.618. The van der Waals surface area contributed by atoms with E-state index < -0.39 is 0 Å². The first-order valence-electron chi connectivity index (χ1n) is 5.14. The molecule has 0 aliphatic rings. The third-order valence-corrected chi connectivity index (χ3v) is 3.84. The fourth-order valence-corrected chi connectivity index (χ4v) is 2.52. The Morgan fingerprint density at radius 1 is 1.24 bits per heavy atom. The minimum atomic E-state index is 0.461. The summed E-state index contributed by atoms with van der Waals surface area (Å²) in [5.41, 5.74) is 2.14. The van der Waals surface area contributed by atoms with Gasteiger partial charge in [0.15, 0.2) is 0 Å². The molecule has 86 valence electrons. The smallest absolute Gasteiger partial charge is 0.248 e. The van der Waals surface area contributed by atoms with E-state index in [9.17, 15) is 0 Å². The van der Waals surface area contributed by atoms with Crippen molar-refractivity contribution in [2.45, 2.75) is 13.8 Å². The van der Waals surface area contributed by atoms with E-state index in [1.807, 2.05) is 25.1 Å². The van der Waals surface area contributed by atoms with Crippen LogP contribution in [0.4, 0.5) is 0 Å². The Hall–Kier alpha value is -1.39. The number of aromatic nitrogens is 2. The van der Waals surface area contributed by atoms with E-state index in [1.54, 1.807) is 11.3 Å². The third-order valence-electron chi connectivity index (χ3n) is 2.46. The number of fused-ring (bicyclic) bond motifs is 1. The zero-order chi connectivity index (χ0) is 12.0. The van der Waals surface area contributed by atoms with Crippen LogP contribution in [0.15, 0.2) is 22.6 Å².